The van der Waals surface area contributed by atoms with Crippen molar-refractivity contribution in [3.05, 3.63) is 71.3 Å². The molecule has 2 aliphatic rings. The molecule has 0 aliphatic heterocycles. The summed E-state index contributed by atoms with van der Waals surface area (Å²) >= 11 is 0. The van der Waals surface area contributed by atoms with E-state index in [-0.39, 0.29) is 18.0 Å². The van der Waals surface area contributed by atoms with Gasteiger partial charge in [-0.3, -0.25) is 9.78 Å². The van der Waals surface area contributed by atoms with Crippen molar-refractivity contribution in [3.63, 3.8) is 0 Å². The molecule has 1 saturated carbocycles. The van der Waals surface area contributed by atoms with Gasteiger partial charge in [-0.1, -0.05) is 6.07 Å². The van der Waals surface area contributed by atoms with Crippen molar-refractivity contribution in [1.29, 1.82) is 0 Å². The molecule has 3 aromatic heterocycles. The molecule has 3 heterocycles. The van der Waals surface area contributed by atoms with Crippen LogP contribution in [-0.4, -0.2) is 31.8 Å². The number of nitrogens with zero attached hydrogens (tertiary/aromatic N) is 4. The van der Waals surface area contributed by atoms with Gasteiger partial charge in [0.05, 0.1) is 11.6 Å². The van der Waals surface area contributed by atoms with E-state index in [0.717, 1.165) is 35.1 Å². The Morgan fingerprint density at radius 1 is 1.00 bits per heavy atom. The zero-order valence-corrected chi connectivity index (χ0v) is 18.0. The molecule has 6 nitrogen and oxygen atoms in total. The van der Waals surface area contributed by atoms with E-state index in [9.17, 15) is 18.0 Å². The van der Waals surface area contributed by atoms with Crippen molar-refractivity contribution in [2.45, 2.75) is 43.9 Å². The molecule has 2 N–H and O–H groups in total. The molecule has 0 bridgehead atoms. The molecule has 2 aliphatic carbocycles. The highest BCUT2D eigenvalue weighted by atomic mass is 19.4. The third kappa shape index (κ3) is 3.34. The number of fused-ring (bicyclic) bond motifs is 4. The Labute approximate surface area is 192 Å². The molecular formula is C25H20F3N5O. The van der Waals surface area contributed by atoms with Gasteiger partial charge in [-0.25, -0.2) is 9.97 Å². The van der Waals surface area contributed by atoms with E-state index in [0.29, 0.717) is 41.0 Å². The zero-order valence-electron chi connectivity index (χ0n) is 18.0. The van der Waals surface area contributed by atoms with Crippen LogP contribution in [0.2, 0.25) is 0 Å². The maximum atomic E-state index is 13.8. The second-order valence-corrected chi connectivity index (χ2v) is 8.88. The number of anilines is 1. The van der Waals surface area contributed by atoms with Crippen molar-refractivity contribution in [3.8, 4) is 0 Å². The van der Waals surface area contributed by atoms with E-state index in [4.69, 9.17) is 5.73 Å². The van der Waals surface area contributed by atoms with Gasteiger partial charge in [0.2, 0.25) is 0 Å². The molecular weight excluding hydrogens is 443 g/mol. The summed E-state index contributed by atoms with van der Waals surface area (Å²) < 4.78 is 39.4. The average molecular weight is 463 g/mol. The van der Waals surface area contributed by atoms with Gasteiger partial charge < -0.3 is 10.6 Å². The first-order valence-corrected chi connectivity index (χ1v) is 11.1. The SMILES string of the molecule is Nc1nc2ccc(C(=O)N(C3CC3)C3CCc4nc(C(F)(F)F)ccc43)cc2c2cnccc12. The lowest BCUT2D eigenvalue weighted by molar-refractivity contribution is -0.141. The van der Waals surface area contributed by atoms with Gasteiger partial charge in [-0.2, -0.15) is 13.2 Å². The van der Waals surface area contributed by atoms with Crippen LogP contribution in [0.15, 0.2) is 48.8 Å². The molecule has 9 heteroatoms. The Morgan fingerprint density at radius 3 is 2.59 bits per heavy atom. The molecule has 34 heavy (non-hydrogen) atoms. The van der Waals surface area contributed by atoms with Crippen LogP contribution < -0.4 is 5.73 Å². The number of pyridine rings is 3. The molecule has 0 spiro atoms. The van der Waals surface area contributed by atoms with Crippen molar-refractivity contribution in [2.24, 2.45) is 0 Å². The lowest BCUT2D eigenvalue weighted by Crippen LogP contribution is -2.36. The van der Waals surface area contributed by atoms with Crippen molar-refractivity contribution in [2.75, 3.05) is 5.73 Å². The number of nitrogens with two attached hydrogens (primary N) is 1. The topological polar surface area (TPSA) is 85.0 Å². The number of carbonyl (C=O) groups is 1. The highest BCUT2D eigenvalue weighted by Crippen LogP contribution is 2.43. The van der Waals surface area contributed by atoms with Gasteiger partial charge in [0, 0.05) is 45.9 Å². The molecule has 0 saturated heterocycles. The van der Waals surface area contributed by atoms with E-state index in [1.165, 1.54) is 6.07 Å². The van der Waals surface area contributed by atoms with Gasteiger partial charge in [-0.15, -0.1) is 0 Å². The van der Waals surface area contributed by atoms with Crippen LogP contribution in [0.5, 0.6) is 0 Å². The summed E-state index contributed by atoms with van der Waals surface area (Å²) in [6, 6.07) is 9.39. The minimum Gasteiger partial charge on any atom is -0.383 e. The van der Waals surface area contributed by atoms with Crippen molar-refractivity contribution in [1.82, 2.24) is 19.9 Å². The van der Waals surface area contributed by atoms with Crippen LogP contribution in [-0.2, 0) is 12.6 Å². The molecule has 1 aromatic carbocycles. The molecule has 172 valence electrons. The third-order valence-corrected chi connectivity index (χ3v) is 6.70. The summed E-state index contributed by atoms with van der Waals surface area (Å²) in [6.07, 6.45) is 1.60. The fourth-order valence-corrected chi connectivity index (χ4v) is 4.96. The summed E-state index contributed by atoms with van der Waals surface area (Å²) in [7, 11) is 0. The van der Waals surface area contributed by atoms with Crippen LogP contribution in [0.25, 0.3) is 21.7 Å². The molecule has 6 rings (SSSR count). The molecule has 1 amide bonds. The summed E-state index contributed by atoms with van der Waals surface area (Å²) in [4.78, 5) is 28.1. The van der Waals surface area contributed by atoms with Gasteiger partial charge in [0.15, 0.2) is 0 Å². The molecule has 4 aromatic rings. The van der Waals surface area contributed by atoms with Crippen LogP contribution >= 0.6 is 0 Å². The number of halogens is 3. The number of aryl methyl sites for hydroxylation is 1. The second kappa shape index (κ2) is 7.38. The van der Waals surface area contributed by atoms with Gasteiger partial charge in [-0.05, 0) is 61.6 Å². The molecule has 1 unspecified atom stereocenters. The quantitative estimate of drug-likeness (QED) is 0.429. The van der Waals surface area contributed by atoms with Crippen LogP contribution in [0, 0.1) is 0 Å². The Balaban J connectivity index is 1.40. The average Bonchev–Trinajstić information content (AvgIpc) is 3.57. The monoisotopic (exact) mass is 463 g/mol. The predicted octanol–water partition coefficient (Wildman–Crippen LogP) is 5.07. The first-order valence-electron chi connectivity index (χ1n) is 11.1. The van der Waals surface area contributed by atoms with Gasteiger partial charge >= 0.3 is 6.18 Å². The van der Waals surface area contributed by atoms with E-state index < -0.39 is 11.9 Å². The fourth-order valence-electron chi connectivity index (χ4n) is 4.96. The number of alkyl halides is 3. The van der Waals surface area contributed by atoms with Crippen LogP contribution in [0.1, 0.15) is 52.6 Å². The summed E-state index contributed by atoms with van der Waals surface area (Å²) in [5, 5.41) is 2.36. The largest absolute Gasteiger partial charge is 0.433 e. The predicted molar refractivity (Wildman–Crippen MR) is 121 cm³/mol. The van der Waals surface area contributed by atoms with Crippen LogP contribution in [0.4, 0.5) is 19.0 Å². The van der Waals surface area contributed by atoms with E-state index in [1.807, 2.05) is 11.0 Å². The summed E-state index contributed by atoms with van der Waals surface area (Å²) in [5.41, 5.74) is 7.50. The highest BCUT2D eigenvalue weighted by Gasteiger charge is 2.42. The normalized spacial score (nSPS) is 17.8. The maximum Gasteiger partial charge on any atom is 0.433 e. The van der Waals surface area contributed by atoms with Crippen LogP contribution in [0.3, 0.4) is 0 Å². The minimum absolute atomic E-state index is 0.0735. The Hall–Kier alpha value is -3.75. The summed E-state index contributed by atoms with van der Waals surface area (Å²) in [5.74, 6) is 0.257. The van der Waals surface area contributed by atoms with Crippen molar-refractivity contribution < 1.29 is 18.0 Å². The zero-order chi connectivity index (χ0) is 23.6. The molecule has 0 radical (unpaired) electrons. The smallest absolute Gasteiger partial charge is 0.383 e. The standard InChI is InChI=1S/C25H20F3N5O/c26-25(27,28)22-8-4-16-19(31-22)6-7-21(16)33(14-2-3-14)24(34)13-1-5-20-17(11-13)18-12-30-10-9-15(18)23(29)32-20/h1,4-5,8-12,14,21H,2-3,6-7H2,(H2,29,32). The number of hydrogen-bond acceptors (Lipinski definition) is 5. The Kier molecular flexibility index (Phi) is 4.52. The first kappa shape index (κ1) is 20.8. The number of amides is 1. The number of nitrogen functional groups attached to an aromatic ring is 1. The Morgan fingerprint density at radius 2 is 1.82 bits per heavy atom. The van der Waals surface area contributed by atoms with Gasteiger partial charge in [0.25, 0.3) is 5.91 Å². The fraction of sp³-hybridized carbons (Fsp3) is 0.280. The van der Waals surface area contributed by atoms with Gasteiger partial charge in [0.1, 0.15) is 11.5 Å². The van der Waals surface area contributed by atoms with E-state index >= 15 is 0 Å². The third-order valence-electron chi connectivity index (χ3n) is 6.70. The number of benzene rings is 1. The summed E-state index contributed by atoms with van der Waals surface area (Å²) in [6.45, 7) is 0. The van der Waals surface area contributed by atoms with E-state index in [2.05, 4.69) is 15.0 Å². The minimum atomic E-state index is -4.49. The maximum absolute atomic E-state index is 13.8. The lowest BCUT2D eigenvalue weighted by Gasteiger charge is -2.30. The molecule has 1 fully saturated rings. The van der Waals surface area contributed by atoms with E-state index in [1.54, 1.807) is 30.6 Å². The highest BCUT2D eigenvalue weighted by molar-refractivity contribution is 6.11. The number of carbonyl (C=O) groups excluding carboxylic acids is 1. The van der Waals surface area contributed by atoms with Crippen molar-refractivity contribution >= 4 is 33.4 Å². The second-order valence-electron chi connectivity index (χ2n) is 8.88. The Bertz CT molecular complexity index is 1460. The number of aromatic nitrogens is 3. The number of rotatable bonds is 3. The first-order chi connectivity index (χ1) is 16.3. The molecule has 1 atom stereocenters. The number of hydrogen-bond donors (Lipinski definition) is 1. The lowest BCUT2D eigenvalue weighted by atomic mass is 10.0.